The molecule has 3 nitrogen and oxygen atoms in total. The van der Waals surface area contributed by atoms with Gasteiger partial charge in [0.2, 0.25) is 0 Å². The smallest absolute Gasteiger partial charge is 0.314 e. The molecular weight excluding hydrogens is 252 g/mol. The lowest BCUT2D eigenvalue weighted by Gasteiger charge is -2.32. The van der Waals surface area contributed by atoms with E-state index in [1.54, 1.807) is 0 Å². The molecule has 0 radical (unpaired) electrons. The van der Waals surface area contributed by atoms with Crippen LogP contribution in [0.5, 0.6) is 0 Å². The van der Waals surface area contributed by atoms with E-state index in [0.717, 1.165) is 32.1 Å². The van der Waals surface area contributed by atoms with E-state index in [0.29, 0.717) is 5.92 Å². The molecule has 0 aliphatic heterocycles. The van der Waals surface area contributed by atoms with Gasteiger partial charge in [0.25, 0.3) is 0 Å². The molecule has 3 heteroatoms. The van der Waals surface area contributed by atoms with Gasteiger partial charge in [-0.25, -0.2) is 0 Å². The van der Waals surface area contributed by atoms with E-state index in [-0.39, 0.29) is 17.5 Å². The molecule has 2 saturated carbocycles. The summed E-state index contributed by atoms with van der Waals surface area (Å²) >= 11 is 0. The first-order chi connectivity index (χ1) is 9.58. The maximum absolute atomic E-state index is 12.5. The molecule has 0 spiro atoms. The van der Waals surface area contributed by atoms with Crippen LogP contribution in [0, 0.1) is 11.3 Å². The van der Waals surface area contributed by atoms with Crippen molar-refractivity contribution in [1.82, 2.24) is 0 Å². The van der Waals surface area contributed by atoms with Gasteiger partial charge in [0.05, 0.1) is 11.5 Å². The highest BCUT2D eigenvalue weighted by Crippen LogP contribution is 2.53. The Hall–Kier alpha value is -0.830. The molecule has 20 heavy (non-hydrogen) atoms. The molecule has 0 amide bonds. The van der Waals surface area contributed by atoms with E-state index in [1.807, 2.05) is 6.92 Å². The van der Waals surface area contributed by atoms with E-state index in [1.165, 1.54) is 24.8 Å². The highest BCUT2D eigenvalue weighted by atomic mass is 16.7. The van der Waals surface area contributed by atoms with Crippen molar-refractivity contribution >= 4 is 5.97 Å². The number of hydrogen-bond donors (Lipinski definition) is 0. The lowest BCUT2D eigenvalue weighted by Crippen LogP contribution is -2.37. The van der Waals surface area contributed by atoms with Crippen molar-refractivity contribution in [3.8, 4) is 0 Å². The molecule has 0 aromatic heterocycles. The van der Waals surface area contributed by atoms with Gasteiger partial charge in [-0.3, -0.25) is 4.79 Å². The summed E-state index contributed by atoms with van der Waals surface area (Å²) in [6.07, 6.45) is 11.2. The van der Waals surface area contributed by atoms with E-state index in [4.69, 9.17) is 9.47 Å². The van der Waals surface area contributed by atoms with Crippen molar-refractivity contribution in [2.45, 2.75) is 77.6 Å². The average Bonchev–Trinajstić information content (AvgIpc) is 3.00. The molecule has 3 aliphatic carbocycles. The SMILES string of the molecule is CC(OC(=O)C1(C)CC2=CCC1C2)OC1CCCCC1. The quantitative estimate of drug-likeness (QED) is 0.443. The Kier molecular flexibility index (Phi) is 3.89. The summed E-state index contributed by atoms with van der Waals surface area (Å²) in [5.74, 6) is 0.390. The molecule has 0 N–H and O–H groups in total. The molecular formula is C17H26O3. The summed E-state index contributed by atoms with van der Waals surface area (Å²) in [6.45, 7) is 3.93. The molecule has 2 bridgehead atoms. The second kappa shape index (κ2) is 5.51. The van der Waals surface area contributed by atoms with Gasteiger partial charge in [0, 0.05) is 0 Å². The summed E-state index contributed by atoms with van der Waals surface area (Å²) < 4.78 is 11.5. The number of hydrogen-bond acceptors (Lipinski definition) is 3. The average molecular weight is 278 g/mol. The van der Waals surface area contributed by atoms with Crippen LogP contribution < -0.4 is 0 Å². The maximum atomic E-state index is 12.5. The molecule has 2 fully saturated rings. The zero-order chi connectivity index (χ0) is 14.2. The Balaban J connectivity index is 1.52. The zero-order valence-corrected chi connectivity index (χ0v) is 12.7. The number of ether oxygens (including phenoxy) is 2. The number of carbonyl (C=O) groups excluding carboxylic acids is 1. The molecule has 3 unspecified atom stereocenters. The third-order valence-corrected chi connectivity index (χ3v) is 5.37. The first kappa shape index (κ1) is 14.1. The molecule has 3 rings (SSSR count). The second-order valence-electron chi connectivity index (χ2n) is 6.96. The molecule has 0 aromatic carbocycles. The van der Waals surface area contributed by atoms with E-state index >= 15 is 0 Å². The molecule has 0 aromatic rings. The van der Waals surface area contributed by atoms with E-state index in [2.05, 4.69) is 13.0 Å². The van der Waals surface area contributed by atoms with Crippen LogP contribution in [0.3, 0.4) is 0 Å². The summed E-state index contributed by atoms with van der Waals surface area (Å²) in [4.78, 5) is 12.5. The third kappa shape index (κ3) is 2.65. The van der Waals surface area contributed by atoms with Gasteiger partial charge >= 0.3 is 5.97 Å². The van der Waals surface area contributed by atoms with E-state index < -0.39 is 6.29 Å². The van der Waals surface area contributed by atoms with Crippen LogP contribution in [0.2, 0.25) is 0 Å². The number of rotatable bonds is 4. The Morgan fingerprint density at radius 2 is 2.10 bits per heavy atom. The maximum Gasteiger partial charge on any atom is 0.314 e. The van der Waals surface area contributed by atoms with Gasteiger partial charge in [0.15, 0.2) is 6.29 Å². The molecule has 3 aliphatic rings. The van der Waals surface area contributed by atoms with Crippen LogP contribution in [0.15, 0.2) is 11.6 Å². The molecule has 3 atom stereocenters. The van der Waals surface area contributed by atoms with Crippen molar-refractivity contribution < 1.29 is 14.3 Å². The summed E-state index contributed by atoms with van der Waals surface area (Å²) in [7, 11) is 0. The van der Waals surface area contributed by atoms with Gasteiger partial charge in [-0.05, 0) is 51.9 Å². The number of allylic oxidation sites excluding steroid dienone is 2. The van der Waals surface area contributed by atoms with Crippen molar-refractivity contribution in [3.05, 3.63) is 11.6 Å². The standard InChI is InChI=1S/C17H26O3/c1-12(19-15-6-4-3-5-7-15)20-16(18)17(2)11-13-8-9-14(17)10-13/h8,12,14-15H,3-7,9-11H2,1-2H3. The minimum atomic E-state index is -0.407. The summed E-state index contributed by atoms with van der Waals surface area (Å²) in [5.41, 5.74) is 1.13. The predicted molar refractivity (Wildman–Crippen MR) is 77.0 cm³/mol. The Bertz CT molecular complexity index is 408. The van der Waals surface area contributed by atoms with Gasteiger partial charge in [0.1, 0.15) is 0 Å². The fraction of sp³-hybridized carbons (Fsp3) is 0.824. The molecule has 112 valence electrons. The van der Waals surface area contributed by atoms with Crippen LogP contribution in [-0.2, 0) is 14.3 Å². The van der Waals surface area contributed by atoms with Crippen LogP contribution in [0.4, 0.5) is 0 Å². The van der Waals surface area contributed by atoms with Crippen molar-refractivity contribution in [2.24, 2.45) is 11.3 Å². The Morgan fingerprint density at radius 3 is 2.70 bits per heavy atom. The van der Waals surface area contributed by atoms with Crippen molar-refractivity contribution in [2.75, 3.05) is 0 Å². The van der Waals surface area contributed by atoms with Gasteiger partial charge in [-0.15, -0.1) is 0 Å². The highest BCUT2D eigenvalue weighted by Gasteiger charge is 2.50. The number of carbonyl (C=O) groups is 1. The first-order valence-electron chi connectivity index (χ1n) is 8.12. The highest BCUT2D eigenvalue weighted by molar-refractivity contribution is 5.78. The number of esters is 1. The third-order valence-electron chi connectivity index (χ3n) is 5.37. The summed E-state index contributed by atoms with van der Waals surface area (Å²) in [5, 5.41) is 0. The van der Waals surface area contributed by atoms with Gasteiger partial charge in [-0.2, -0.15) is 0 Å². The van der Waals surface area contributed by atoms with Crippen LogP contribution in [-0.4, -0.2) is 18.4 Å². The minimum Gasteiger partial charge on any atom is -0.436 e. The van der Waals surface area contributed by atoms with Gasteiger partial charge in [-0.1, -0.05) is 30.9 Å². The molecule has 0 saturated heterocycles. The van der Waals surface area contributed by atoms with Crippen molar-refractivity contribution in [3.63, 3.8) is 0 Å². The fourth-order valence-electron chi connectivity index (χ4n) is 4.06. The number of fused-ring (bicyclic) bond motifs is 2. The van der Waals surface area contributed by atoms with E-state index in [9.17, 15) is 4.79 Å². The zero-order valence-electron chi connectivity index (χ0n) is 12.7. The van der Waals surface area contributed by atoms with Crippen LogP contribution >= 0.6 is 0 Å². The fourth-order valence-corrected chi connectivity index (χ4v) is 4.06. The minimum absolute atomic E-state index is 0.0612. The Morgan fingerprint density at radius 1 is 1.35 bits per heavy atom. The predicted octanol–water partition coefficient (Wildman–Crippen LogP) is 3.97. The Labute approximate surface area is 121 Å². The lowest BCUT2D eigenvalue weighted by atomic mass is 9.77. The largest absolute Gasteiger partial charge is 0.436 e. The summed E-state index contributed by atoms with van der Waals surface area (Å²) in [6, 6.07) is 0. The van der Waals surface area contributed by atoms with Crippen LogP contribution in [0.1, 0.15) is 65.2 Å². The van der Waals surface area contributed by atoms with Crippen LogP contribution in [0.25, 0.3) is 0 Å². The topological polar surface area (TPSA) is 35.5 Å². The van der Waals surface area contributed by atoms with Crippen molar-refractivity contribution in [1.29, 1.82) is 0 Å². The first-order valence-corrected chi connectivity index (χ1v) is 8.12. The lowest BCUT2D eigenvalue weighted by molar-refractivity contribution is -0.198. The second-order valence-corrected chi connectivity index (χ2v) is 6.96. The van der Waals surface area contributed by atoms with Gasteiger partial charge < -0.3 is 9.47 Å². The molecule has 0 heterocycles. The monoisotopic (exact) mass is 278 g/mol. The normalized spacial score (nSPS) is 34.9.